The van der Waals surface area contributed by atoms with Gasteiger partial charge in [-0.3, -0.25) is 4.79 Å². The number of halogens is 1. The third-order valence-electron chi connectivity index (χ3n) is 2.46. The second-order valence-electron chi connectivity index (χ2n) is 3.71. The molecule has 0 fully saturated rings. The molecule has 0 saturated carbocycles. The number of aliphatic carboxylic acids is 1. The van der Waals surface area contributed by atoms with Crippen LogP contribution in [-0.4, -0.2) is 11.1 Å². The van der Waals surface area contributed by atoms with Crippen molar-refractivity contribution in [3.63, 3.8) is 0 Å². The molecule has 82 valence electrons. The second kappa shape index (κ2) is 5.76. The molecule has 2 nitrogen and oxygen atoms in total. The van der Waals surface area contributed by atoms with Gasteiger partial charge in [-0.2, -0.15) is 0 Å². The zero-order valence-corrected chi connectivity index (χ0v) is 9.50. The summed E-state index contributed by atoms with van der Waals surface area (Å²) < 4.78 is 0. The van der Waals surface area contributed by atoms with Crippen molar-refractivity contribution in [3.05, 3.63) is 34.9 Å². The molecule has 3 heteroatoms. The fourth-order valence-corrected chi connectivity index (χ4v) is 1.91. The summed E-state index contributed by atoms with van der Waals surface area (Å²) in [6.07, 6.45) is 1.78. The van der Waals surface area contributed by atoms with Crippen molar-refractivity contribution in [2.45, 2.75) is 32.1 Å². The molecule has 0 amide bonds. The van der Waals surface area contributed by atoms with E-state index in [1.165, 1.54) is 0 Å². The van der Waals surface area contributed by atoms with E-state index in [2.05, 4.69) is 6.92 Å². The Morgan fingerprint density at radius 3 is 2.73 bits per heavy atom. The van der Waals surface area contributed by atoms with Gasteiger partial charge in [-0.1, -0.05) is 36.7 Å². The second-order valence-corrected chi connectivity index (χ2v) is 4.12. The van der Waals surface area contributed by atoms with Gasteiger partial charge in [0.15, 0.2) is 0 Å². The predicted molar refractivity (Wildman–Crippen MR) is 61.4 cm³/mol. The van der Waals surface area contributed by atoms with Crippen LogP contribution in [0.15, 0.2) is 24.3 Å². The van der Waals surface area contributed by atoms with Crippen molar-refractivity contribution < 1.29 is 9.90 Å². The number of carboxylic acid groups (broad SMARTS) is 1. The van der Waals surface area contributed by atoms with E-state index in [4.69, 9.17) is 16.7 Å². The van der Waals surface area contributed by atoms with Crippen molar-refractivity contribution >= 4 is 17.6 Å². The van der Waals surface area contributed by atoms with E-state index in [-0.39, 0.29) is 6.42 Å². The molecule has 1 aromatic carbocycles. The smallest absolute Gasteiger partial charge is 0.303 e. The minimum absolute atomic E-state index is 0.231. The fraction of sp³-hybridized carbons (Fsp3) is 0.417. The van der Waals surface area contributed by atoms with Crippen molar-refractivity contribution in [2.75, 3.05) is 0 Å². The van der Waals surface area contributed by atoms with Gasteiger partial charge in [0.05, 0.1) is 0 Å². The van der Waals surface area contributed by atoms with E-state index in [1.54, 1.807) is 0 Å². The average Bonchev–Trinajstić information content (AvgIpc) is 2.17. The highest BCUT2D eigenvalue weighted by Crippen LogP contribution is 2.27. The SMILES string of the molecule is CC(CCCC(=O)O)c1ccccc1Cl. The van der Waals surface area contributed by atoms with Gasteiger partial charge < -0.3 is 5.11 Å². The molecule has 0 saturated heterocycles. The van der Waals surface area contributed by atoms with Crippen LogP contribution in [0.5, 0.6) is 0 Å². The van der Waals surface area contributed by atoms with Crippen LogP contribution in [0.2, 0.25) is 5.02 Å². The van der Waals surface area contributed by atoms with Crippen LogP contribution in [0.3, 0.4) is 0 Å². The van der Waals surface area contributed by atoms with E-state index >= 15 is 0 Å². The number of rotatable bonds is 5. The van der Waals surface area contributed by atoms with Gasteiger partial charge in [-0.25, -0.2) is 0 Å². The van der Waals surface area contributed by atoms with Gasteiger partial charge in [0, 0.05) is 11.4 Å². The minimum Gasteiger partial charge on any atom is -0.481 e. The van der Waals surface area contributed by atoms with Gasteiger partial charge >= 0.3 is 5.97 Å². The lowest BCUT2D eigenvalue weighted by molar-refractivity contribution is -0.137. The highest BCUT2D eigenvalue weighted by molar-refractivity contribution is 6.31. The molecular weight excluding hydrogens is 212 g/mol. The average molecular weight is 227 g/mol. The number of carboxylic acids is 1. The first-order valence-corrected chi connectivity index (χ1v) is 5.45. The normalized spacial score (nSPS) is 12.4. The van der Waals surface area contributed by atoms with Crippen molar-refractivity contribution in [1.29, 1.82) is 0 Å². The molecule has 1 unspecified atom stereocenters. The standard InChI is InChI=1S/C12H15ClO2/c1-9(5-4-8-12(14)15)10-6-2-3-7-11(10)13/h2-3,6-7,9H,4-5,8H2,1H3,(H,14,15). The topological polar surface area (TPSA) is 37.3 Å². The van der Waals surface area contributed by atoms with Crippen LogP contribution < -0.4 is 0 Å². The summed E-state index contributed by atoms with van der Waals surface area (Å²) in [5.74, 6) is -0.417. The molecule has 15 heavy (non-hydrogen) atoms. The van der Waals surface area contributed by atoms with E-state index < -0.39 is 5.97 Å². The van der Waals surface area contributed by atoms with E-state index in [1.807, 2.05) is 24.3 Å². The lowest BCUT2D eigenvalue weighted by Crippen LogP contribution is -1.98. The summed E-state index contributed by atoms with van der Waals surface area (Å²) in [5, 5.41) is 9.29. The third kappa shape index (κ3) is 3.92. The molecule has 0 spiro atoms. The van der Waals surface area contributed by atoms with Crippen LogP contribution in [0.1, 0.15) is 37.7 Å². The molecule has 1 atom stereocenters. The number of benzene rings is 1. The van der Waals surface area contributed by atoms with E-state index in [0.717, 1.165) is 17.0 Å². The molecule has 0 aliphatic carbocycles. The largest absolute Gasteiger partial charge is 0.481 e. The Morgan fingerprint density at radius 1 is 1.47 bits per heavy atom. The molecule has 0 aromatic heterocycles. The number of carbonyl (C=O) groups is 1. The maximum atomic E-state index is 10.4. The van der Waals surface area contributed by atoms with Crippen LogP contribution >= 0.6 is 11.6 Å². The Bertz CT molecular complexity index is 336. The zero-order chi connectivity index (χ0) is 11.3. The molecule has 0 aliphatic heterocycles. The van der Waals surface area contributed by atoms with Gasteiger partial charge in [0.1, 0.15) is 0 Å². The summed E-state index contributed by atoms with van der Waals surface area (Å²) in [6, 6.07) is 7.71. The zero-order valence-electron chi connectivity index (χ0n) is 8.74. The molecule has 0 aliphatic rings. The summed E-state index contributed by atoms with van der Waals surface area (Å²) in [6.45, 7) is 2.07. The molecule has 0 radical (unpaired) electrons. The maximum absolute atomic E-state index is 10.4. The summed E-state index contributed by atoms with van der Waals surface area (Å²) in [4.78, 5) is 10.4. The molecule has 0 heterocycles. The summed E-state index contributed by atoms with van der Waals surface area (Å²) >= 11 is 6.04. The first kappa shape index (κ1) is 12.1. The Hall–Kier alpha value is -1.02. The minimum atomic E-state index is -0.735. The Labute approximate surface area is 94.9 Å². The molecular formula is C12H15ClO2. The number of hydrogen-bond donors (Lipinski definition) is 1. The Balaban J connectivity index is 2.50. The van der Waals surface area contributed by atoms with Crippen LogP contribution in [0, 0.1) is 0 Å². The van der Waals surface area contributed by atoms with E-state index in [0.29, 0.717) is 12.3 Å². The third-order valence-corrected chi connectivity index (χ3v) is 2.81. The van der Waals surface area contributed by atoms with Crippen molar-refractivity contribution in [3.8, 4) is 0 Å². The lowest BCUT2D eigenvalue weighted by atomic mass is 9.95. The van der Waals surface area contributed by atoms with Crippen LogP contribution in [-0.2, 0) is 4.79 Å². The monoisotopic (exact) mass is 226 g/mol. The molecule has 1 aromatic rings. The molecule has 1 N–H and O–H groups in total. The van der Waals surface area contributed by atoms with Gasteiger partial charge in [0.25, 0.3) is 0 Å². The molecule has 1 rings (SSSR count). The first-order valence-electron chi connectivity index (χ1n) is 5.07. The number of hydrogen-bond acceptors (Lipinski definition) is 1. The highest BCUT2D eigenvalue weighted by Gasteiger charge is 2.09. The Kier molecular flexibility index (Phi) is 4.63. The predicted octanol–water partition coefficient (Wildman–Crippen LogP) is 3.70. The Morgan fingerprint density at radius 2 is 2.13 bits per heavy atom. The van der Waals surface area contributed by atoms with Crippen molar-refractivity contribution in [2.24, 2.45) is 0 Å². The fourth-order valence-electron chi connectivity index (χ4n) is 1.59. The van der Waals surface area contributed by atoms with Crippen LogP contribution in [0.25, 0.3) is 0 Å². The quantitative estimate of drug-likeness (QED) is 0.831. The van der Waals surface area contributed by atoms with Gasteiger partial charge in [0.2, 0.25) is 0 Å². The van der Waals surface area contributed by atoms with Crippen LogP contribution in [0.4, 0.5) is 0 Å². The van der Waals surface area contributed by atoms with Gasteiger partial charge in [-0.05, 0) is 30.4 Å². The maximum Gasteiger partial charge on any atom is 0.303 e. The lowest BCUT2D eigenvalue weighted by Gasteiger charge is -2.12. The van der Waals surface area contributed by atoms with Gasteiger partial charge in [-0.15, -0.1) is 0 Å². The summed E-state index contributed by atoms with van der Waals surface area (Å²) in [7, 11) is 0. The van der Waals surface area contributed by atoms with Crippen molar-refractivity contribution in [1.82, 2.24) is 0 Å². The molecule has 0 bridgehead atoms. The summed E-state index contributed by atoms with van der Waals surface area (Å²) in [5.41, 5.74) is 1.10. The highest BCUT2D eigenvalue weighted by atomic mass is 35.5. The van der Waals surface area contributed by atoms with E-state index in [9.17, 15) is 4.79 Å². The first-order chi connectivity index (χ1) is 7.11.